The summed E-state index contributed by atoms with van der Waals surface area (Å²) in [6, 6.07) is 4.11. The van der Waals surface area contributed by atoms with Gasteiger partial charge in [-0.1, -0.05) is 24.3 Å². The number of likely N-dealkylation sites (tertiary alicyclic amines) is 1. The lowest BCUT2D eigenvalue weighted by Crippen LogP contribution is -2.58. The van der Waals surface area contributed by atoms with Crippen molar-refractivity contribution in [1.82, 2.24) is 10.2 Å². The second-order valence-corrected chi connectivity index (χ2v) is 11.7. The fourth-order valence-corrected chi connectivity index (χ4v) is 6.69. The Labute approximate surface area is 247 Å². The van der Waals surface area contributed by atoms with E-state index in [2.05, 4.69) is 18.5 Å². The van der Waals surface area contributed by atoms with Crippen LogP contribution in [0.4, 0.5) is 5.69 Å². The highest BCUT2D eigenvalue weighted by atomic mass is 16.6. The molecule has 10 heteroatoms. The SMILES string of the molecule is C=CCCC(=O)NC[C@@H](C)OC(=O)[C@@H]1[C@@H]2CC[C@]3(O2)[C@H](C(=O)N(CC=C)c2cc(C)ccc2C)N([C@H](C)CO)C(=O)[C@@H]13. The molecule has 1 spiro atoms. The van der Waals surface area contributed by atoms with Gasteiger partial charge in [-0.3, -0.25) is 19.2 Å². The number of fused-ring (bicyclic) bond motifs is 1. The first-order valence-electron chi connectivity index (χ1n) is 14.7. The third-order valence-electron chi connectivity index (χ3n) is 8.70. The van der Waals surface area contributed by atoms with E-state index in [1.807, 2.05) is 32.0 Å². The van der Waals surface area contributed by atoms with Crippen LogP contribution in [0.15, 0.2) is 43.5 Å². The number of carbonyl (C=O) groups is 4. The maximum absolute atomic E-state index is 14.5. The van der Waals surface area contributed by atoms with Gasteiger partial charge in [0.25, 0.3) is 5.91 Å². The van der Waals surface area contributed by atoms with Crippen LogP contribution in [0.3, 0.4) is 0 Å². The van der Waals surface area contributed by atoms with Crippen LogP contribution in [0.2, 0.25) is 0 Å². The zero-order valence-electron chi connectivity index (χ0n) is 25.0. The molecule has 228 valence electrons. The quantitative estimate of drug-likeness (QED) is 0.271. The van der Waals surface area contributed by atoms with Crippen LogP contribution in [-0.4, -0.2) is 83.3 Å². The van der Waals surface area contributed by atoms with Crippen LogP contribution in [-0.2, 0) is 28.7 Å². The number of hydrogen-bond donors (Lipinski definition) is 2. The van der Waals surface area contributed by atoms with Crippen molar-refractivity contribution in [2.24, 2.45) is 11.8 Å². The van der Waals surface area contributed by atoms with Crippen LogP contribution >= 0.6 is 0 Å². The van der Waals surface area contributed by atoms with E-state index in [1.165, 1.54) is 4.90 Å². The average Bonchev–Trinajstić information content (AvgIpc) is 3.61. The van der Waals surface area contributed by atoms with Crippen molar-refractivity contribution in [1.29, 1.82) is 0 Å². The Balaban J connectivity index is 1.63. The van der Waals surface area contributed by atoms with Crippen molar-refractivity contribution in [2.75, 3.05) is 24.6 Å². The maximum atomic E-state index is 14.5. The molecule has 3 heterocycles. The van der Waals surface area contributed by atoms with Crippen LogP contribution in [0.25, 0.3) is 0 Å². The number of rotatable bonds is 13. The molecule has 2 bridgehead atoms. The van der Waals surface area contributed by atoms with Gasteiger partial charge in [0.2, 0.25) is 11.8 Å². The molecule has 3 saturated heterocycles. The normalized spacial score (nSPS) is 27.3. The van der Waals surface area contributed by atoms with Crippen molar-refractivity contribution in [3.63, 3.8) is 0 Å². The highest BCUT2D eigenvalue weighted by molar-refractivity contribution is 6.05. The highest BCUT2D eigenvalue weighted by Gasteiger charge is 2.75. The summed E-state index contributed by atoms with van der Waals surface area (Å²) < 4.78 is 12.2. The number of aliphatic hydroxyl groups is 1. The van der Waals surface area contributed by atoms with E-state index in [1.54, 1.807) is 30.9 Å². The minimum Gasteiger partial charge on any atom is -0.460 e. The molecule has 0 aromatic heterocycles. The van der Waals surface area contributed by atoms with Gasteiger partial charge in [-0.15, -0.1) is 13.2 Å². The molecule has 1 aromatic rings. The lowest BCUT2D eigenvalue weighted by Gasteiger charge is -2.38. The number of allylic oxidation sites excluding steroid dienone is 1. The summed E-state index contributed by atoms with van der Waals surface area (Å²) in [5, 5.41) is 12.9. The largest absolute Gasteiger partial charge is 0.460 e. The summed E-state index contributed by atoms with van der Waals surface area (Å²) in [7, 11) is 0. The molecule has 2 N–H and O–H groups in total. The number of aliphatic hydroxyl groups excluding tert-OH is 1. The third kappa shape index (κ3) is 5.62. The predicted octanol–water partition coefficient (Wildman–Crippen LogP) is 2.59. The molecule has 3 aliphatic rings. The van der Waals surface area contributed by atoms with Crippen LogP contribution in [0.5, 0.6) is 0 Å². The van der Waals surface area contributed by atoms with Gasteiger partial charge in [0.15, 0.2) is 0 Å². The van der Waals surface area contributed by atoms with Gasteiger partial charge in [0.1, 0.15) is 17.7 Å². The Bertz CT molecular complexity index is 1250. The molecule has 7 atom stereocenters. The van der Waals surface area contributed by atoms with Crippen molar-refractivity contribution in [3.05, 3.63) is 54.6 Å². The van der Waals surface area contributed by atoms with Crippen molar-refractivity contribution < 1.29 is 33.8 Å². The predicted molar refractivity (Wildman–Crippen MR) is 157 cm³/mol. The topological polar surface area (TPSA) is 125 Å². The van der Waals surface area contributed by atoms with Gasteiger partial charge in [0, 0.05) is 18.7 Å². The summed E-state index contributed by atoms with van der Waals surface area (Å²) in [6.07, 6.45) is 3.84. The van der Waals surface area contributed by atoms with E-state index < -0.39 is 53.6 Å². The Kier molecular flexibility index (Phi) is 9.57. The molecule has 3 aliphatic heterocycles. The molecule has 42 heavy (non-hydrogen) atoms. The third-order valence-corrected chi connectivity index (χ3v) is 8.70. The average molecular weight is 582 g/mol. The van der Waals surface area contributed by atoms with Crippen LogP contribution in [0, 0.1) is 25.7 Å². The first-order chi connectivity index (χ1) is 20.0. The Hall–Kier alpha value is -3.50. The molecular formula is C32H43N3O7. The standard InChI is InChI=1S/C32H43N3O7/c1-7-9-10-25(37)33-17-22(6)41-31(40)26-24-13-14-32(42-24)27(26)29(38)35(21(5)18-36)28(32)30(39)34(15-8-2)23-16-19(3)11-12-20(23)4/h7-8,11-12,16,21-22,24,26-28,36H,1-2,9-10,13-15,17-18H2,3-6H3,(H,33,37)/t21-,22-,24+,26-,27-,28+,32-/m1/s1. The smallest absolute Gasteiger partial charge is 0.312 e. The second kappa shape index (κ2) is 12.8. The zero-order chi connectivity index (χ0) is 30.8. The number of ether oxygens (including phenoxy) is 2. The maximum Gasteiger partial charge on any atom is 0.312 e. The Morgan fingerprint density at radius 2 is 2.00 bits per heavy atom. The minimum atomic E-state index is -1.23. The van der Waals surface area contributed by atoms with Gasteiger partial charge >= 0.3 is 5.97 Å². The van der Waals surface area contributed by atoms with Crippen LogP contribution < -0.4 is 10.2 Å². The first kappa shape index (κ1) is 31.4. The van der Waals surface area contributed by atoms with Gasteiger partial charge < -0.3 is 29.7 Å². The molecular weight excluding hydrogens is 538 g/mol. The lowest BCUT2D eigenvalue weighted by molar-refractivity contribution is -0.159. The second-order valence-electron chi connectivity index (χ2n) is 11.7. The number of hydrogen-bond acceptors (Lipinski definition) is 7. The van der Waals surface area contributed by atoms with Crippen molar-refractivity contribution in [3.8, 4) is 0 Å². The van der Waals surface area contributed by atoms with E-state index >= 15 is 0 Å². The molecule has 0 aliphatic carbocycles. The summed E-state index contributed by atoms with van der Waals surface area (Å²) in [5.41, 5.74) is 1.34. The summed E-state index contributed by atoms with van der Waals surface area (Å²) in [5.74, 6) is -3.33. The summed E-state index contributed by atoms with van der Waals surface area (Å²) >= 11 is 0. The fourth-order valence-electron chi connectivity index (χ4n) is 6.69. The number of aryl methyl sites for hydroxylation is 2. The number of nitrogens with zero attached hydrogens (tertiary/aromatic N) is 2. The van der Waals surface area contributed by atoms with Crippen LogP contribution in [0.1, 0.15) is 50.7 Å². The Morgan fingerprint density at radius 1 is 1.26 bits per heavy atom. The number of anilines is 1. The monoisotopic (exact) mass is 581 g/mol. The van der Waals surface area contributed by atoms with Gasteiger partial charge in [-0.05, 0) is 64.2 Å². The molecule has 10 nitrogen and oxygen atoms in total. The molecule has 4 rings (SSSR count). The molecule has 0 unspecified atom stereocenters. The molecule has 0 saturated carbocycles. The fraction of sp³-hybridized carbons (Fsp3) is 0.562. The Morgan fingerprint density at radius 3 is 2.67 bits per heavy atom. The van der Waals surface area contributed by atoms with E-state index in [4.69, 9.17) is 9.47 Å². The number of nitrogens with one attached hydrogen (secondary N) is 1. The van der Waals surface area contributed by atoms with Crippen molar-refractivity contribution >= 4 is 29.4 Å². The molecule has 1 aromatic carbocycles. The first-order valence-corrected chi connectivity index (χ1v) is 14.7. The number of amides is 3. The van der Waals surface area contributed by atoms with E-state index in [0.29, 0.717) is 31.4 Å². The van der Waals surface area contributed by atoms with Crippen molar-refractivity contribution in [2.45, 2.75) is 83.3 Å². The molecule has 3 amide bonds. The lowest BCUT2D eigenvalue weighted by atomic mass is 9.70. The summed E-state index contributed by atoms with van der Waals surface area (Å²) in [4.78, 5) is 57.2. The number of benzene rings is 1. The van der Waals surface area contributed by atoms with E-state index in [0.717, 1.165) is 11.1 Å². The highest BCUT2D eigenvalue weighted by Crippen LogP contribution is 2.59. The number of carbonyl (C=O) groups excluding carboxylic acids is 4. The van der Waals surface area contributed by atoms with Gasteiger partial charge in [0.05, 0.1) is 37.1 Å². The molecule has 3 fully saturated rings. The van der Waals surface area contributed by atoms with Gasteiger partial charge in [-0.25, -0.2) is 0 Å². The van der Waals surface area contributed by atoms with Gasteiger partial charge in [-0.2, -0.15) is 0 Å². The van der Waals surface area contributed by atoms with E-state index in [9.17, 15) is 24.3 Å². The summed E-state index contributed by atoms with van der Waals surface area (Å²) in [6.45, 7) is 14.7. The number of esters is 1. The minimum absolute atomic E-state index is 0.130. The molecule has 0 radical (unpaired) electrons. The zero-order valence-corrected chi connectivity index (χ0v) is 25.0. The van der Waals surface area contributed by atoms with E-state index in [-0.39, 0.29) is 31.5 Å².